The monoisotopic (exact) mass is 341 g/mol. The molecule has 4 nitrogen and oxygen atoms in total. The van der Waals surface area contributed by atoms with Crippen LogP contribution in [0.15, 0.2) is 36.4 Å². The number of rotatable bonds is 2. The van der Waals surface area contributed by atoms with Crippen LogP contribution in [-0.2, 0) is 13.0 Å². The maximum atomic E-state index is 13.7. The van der Waals surface area contributed by atoms with E-state index in [0.29, 0.717) is 5.69 Å². The molecule has 2 aromatic carbocycles. The standard InChI is InChI=1S/C19H17F2N3O/c20-12-5-7-15(21)14(10-12)19(25)22-13-6-8-17-16(11-13)23-18-4-2-1-3-9-24(17)18/h5-8,10-11H,1-4,9H2,(H,22,25). The maximum Gasteiger partial charge on any atom is 0.258 e. The average molecular weight is 341 g/mol. The lowest BCUT2D eigenvalue weighted by atomic mass is 10.2. The highest BCUT2D eigenvalue weighted by atomic mass is 19.1. The molecule has 0 bridgehead atoms. The van der Waals surface area contributed by atoms with Gasteiger partial charge in [0.05, 0.1) is 16.6 Å². The first-order chi connectivity index (χ1) is 12.1. The van der Waals surface area contributed by atoms with Gasteiger partial charge in [-0.2, -0.15) is 0 Å². The van der Waals surface area contributed by atoms with E-state index in [2.05, 4.69) is 14.9 Å². The summed E-state index contributed by atoms with van der Waals surface area (Å²) in [5.74, 6) is -1.03. The molecule has 0 atom stereocenters. The van der Waals surface area contributed by atoms with E-state index >= 15 is 0 Å². The quantitative estimate of drug-likeness (QED) is 0.756. The second-order valence-electron chi connectivity index (χ2n) is 6.27. The van der Waals surface area contributed by atoms with E-state index in [1.807, 2.05) is 6.07 Å². The maximum absolute atomic E-state index is 13.7. The van der Waals surface area contributed by atoms with Crippen LogP contribution in [0.4, 0.5) is 14.5 Å². The largest absolute Gasteiger partial charge is 0.328 e. The molecule has 0 unspecified atom stereocenters. The van der Waals surface area contributed by atoms with E-state index in [-0.39, 0.29) is 5.56 Å². The molecule has 0 spiro atoms. The van der Waals surface area contributed by atoms with Crippen molar-refractivity contribution in [2.24, 2.45) is 0 Å². The van der Waals surface area contributed by atoms with Crippen LogP contribution >= 0.6 is 0 Å². The van der Waals surface area contributed by atoms with Crippen molar-refractivity contribution >= 4 is 22.6 Å². The summed E-state index contributed by atoms with van der Waals surface area (Å²) < 4.78 is 29.2. The molecule has 1 aromatic heterocycles. The van der Waals surface area contributed by atoms with Crippen molar-refractivity contribution in [3.8, 4) is 0 Å². The lowest BCUT2D eigenvalue weighted by molar-refractivity contribution is 0.102. The van der Waals surface area contributed by atoms with Gasteiger partial charge < -0.3 is 9.88 Å². The van der Waals surface area contributed by atoms with Gasteiger partial charge in [-0.3, -0.25) is 4.79 Å². The average Bonchev–Trinajstić information content (AvgIpc) is 2.77. The lowest BCUT2D eigenvalue weighted by Gasteiger charge is -2.07. The molecule has 0 fully saturated rings. The fourth-order valence-corrected chi connectivity index (χ4v) is 3.30. The third-order valence-corrected chi connectivity index (χ3v) is 4.54. The second-order valence-corrected chi connectivity index (χ2v) is 6.27. The third kappa shape index (κ3) is 2.99. The molecule has 4 rings (SSSR count). The molecule has 0 saturated carbocycles. The van der Waals surface area contributed by atoms with Crippen molar-refractivity contribution in [2.75, 3.05) is 5.32 Å². The van der Waals surface area contributed by atoms with Crippen molar-refractivity contribution in [3.05, 3.63) is 59.4 Å². The summed E-state index contributed by atoms with van der Waals surface area (Å²) in [6.07, 6.45) is 4.42. The van der Waals surface area contributed by atoms with Crippen LogP contribution in [0, 0.1) is 11.6 Å². The molecule has 0 radical (unpaired) electrons. The van der Waals surface area contributed by atoms with Crippen molar-refractivity contribution in [1.29, 1.82) is 0 Å². The highest BCUT2D eigenvalue weighted by Gasteiger charge is 2.16. The van der Waals surface area contributed by atoms with Gasteiger partial charge in [0.15, 0.2) is 0 Å². The van der Waals surface area contributed by atoms with E-state index < -0.39 is 17.5 Å². The molecule has 1 aliphatic rings. The summed E-state index contributed by atoms with van der Waals surface area (Å²) in [5.41, 5.74) is 2.02. The Morgan fingerprint density at radius 1 is 1.08 bits per heavy atom. The Morgan fingerprint density at radius 3 is 2.84 bits per heavy atom. The fourth-order valence-electron chi connectivity index (χ4n) is 3.30. The first kappa shape index (κ1) is 15.7. The smallest absolute Gasteiger partial charge is 0.258 e. The number of carbonyl (C=O) groups is 1. The van der Waals surface area contributed by atoms with Crippen LogP contribution < -0.4 is 5.32 Å². The summed E-state index contributed by atoms with van der Waals surface area (Å²) in [6.45, 7) is 0.950. The van der Waals surface area contributed by atoms with E-state index in [1.54, 1.807) is 12.1 Å². The predicted octanol–water partition coefficient (Wildman–Crippen LogP) is 4.29. The number of benzene rings is 2. The van der Waals surface area contributed by atoms with Gasteiger partial charge >= 0.3 is 0 Å². The Bertz CT molecular complexity index is 965. The lowest BCUT2D eigenvalue weighted by Crippen LogP contribution is -2.14. The van der Waals surface area contributed by atoms with Crippen LogP contribution in [-0.4, -0.2) is 15.5 Å². The number of nitrogens with zero attached hydrogens (tertiary/aromatic N) is 2. The summed E-state index contributed by atoms with van der Waals surface area (Å²) in [7, 11) is 0. The first-order valence-corrected chi connectivity index (χ1v) is 8.37. The number of anilines is 1. The van der Waals surface area contributed by atoms with Gasteiger partial charge in [-0.25, -0.2) is 13.8 Å². The zero-order valence-corrected chi connectivity index (χ0v) is 13.6. The Hall–Kier alpha value is -2.76. The van der Waals surface area contributed by atoms with Crippen LogP contribution in [0.1, 0.15) is 35.4 Å². The van der Waals surface area contributed by atoms with Gasteiger partial charge in [0.25, 0.3) is 5.91 Å². The first-order valence-electron chi connectivity index (χ1n) is 8.37. The molecular formula is C19H17F2N3O. The van der Waals surface area contributed by atoms with E-state index in [4.69, 9.17) is 0 Å². The number of fused-ring (bicyclic) bond motifs is 3. The SMILES string of the molecule is O=C(Nc1ccc2c(c1)nc1n2CCCCC1)c1cc(F)ccc1F. The van der Waals surface area contributed by atoms with Gasteiger partial charge in [-0.1, -0.05) is 6.42 Å². The normalized spacial score (nSPS) is 14.2. The summed E-state index contributed by atoms with van der Waals surface area (Å²) in [6, 6.07) is 8.26. The van der Waals surface area contributed by atoms with Gasteiger partial charge in [0.2, 0.25) is 0 Å². The minimum atomic E-state index is -0.756. The minimum absolute atomic E-state index is 0.319. The molecule has 1 N–H and O–H groups in total. The second kappa shape index (κ2) is 6.27. The molecule has 1 amide bonds. The van der Waals surface area contributed by atoms with E-state index in [9.17, 15) is 13.6 Å². The Labute approximate surface area is 143 Å². The number of halogens is 2. The molecule has 0 saturated heterocycles. The van der Waals surface area contributed by atoms with Crippen LogP contribution in [0.25, 0.3) is 11.0 Å². The number of imidazole rings is 1. The number of aryl methyl sites for hydroxylation is 2. The Kier molecular flexibility index (Phi) is 3.95. The molecular weight excluding hydrogens is 324 g/mol. The number of carbonyl (C=O) groups excluding carboxylic acids is 1. The number of hydrogen-bond acceptors (Lipinski definition) is 2. The fraction of sp³-hybridized carbons (Fsp3) is 0.263. The zero-order valence-electron chi connectivity index (χ0n) is 13.6. The van der Waals surface area contributed by atoms with Crippen molar-refractivity contribution in [3.63, 3.8) is 0 Å². The summed E-state index contributed by atoms with van der Waals surface area (Å²) in [5, 5.41) is 2.62. The summed E-state index contributed by atoms with van der Waals surface area (Å²) >= 11 is 0. The predicted molar refractivity (Wildman–Crippen MR) is 91.6 cm³/mol. The summed E-state index contributed by atoms with van der Waals surface area (Å²) in [4.78, 5) is 16.9. The van der Waals surface area contributed by atoms with Crippen molar-refractivity contribution in [1.82, 2.24) is 9.55 Å². The van der Waals surface area contributed by atoms with Gasteiger partial charge in [0, 0.05) is 18.7 Å². The van der Waals surface area contributed by atoms with Gasteiger partial charge in [0.1, 0.15) is 17.5 Å². The third-order valence-electron chi connectivity index (χ3n) is 4.54. The molecule has 128 valence electrons. The topological polar surface area (TPSA) is 46.9 Å². The molecule has 2 heterocycles. The highest BCUT2D eigenvalue weighted by molar-refractivity contribution is 6.05. The molecule has 25 heavy (non-hydrogen) atoms. The van der Waals surface area contributed by atoms with Crippen LogP contribution in [0.2, 0.25) is 0 Å². The highest BCUT2D eigenvalue weighted by Crippen LogP contribution is 2.25. The van der Waals surface area contributed by atoms with E-state index in [0.717, 1.165) is 60.9 Å². The number of amides is 1. The molecule has 3 aromatic rings. The number of nitrogens with one attached hydrogen (secondary N) is 1. The Balaban J connectivity index is 1.64. The van der Waals surface area contributed by atoms with E-state index in [1.165, 1.54) is 6.42 Å². The van der Waals surface area contributed by atoms with Crippen molar-refractivity contribution < 1.29 is 13.6 Å². The minimum Gasteiger partial charge on any atom is -0.328 e. The molecule has 1 aliphatic heterocycles. The number of hydrogen-bond donors (Lipinski definition) is 1. The van der Waals surface area contributed by atoms with Gasteiger partial charge in [-0.15, -0.1) is 0 Å². The van der Waals surface area contributed by atoms with Crippen molar-refractivity contribution in [2.45, 2.75) is 32.2 Å². The Morgan fingerprint density at radius 2 is 1.96 bits per heavy atom. The molecule has 0 aliphatic carbocycles. The zero-order chi connectivity index (χ0) is 17.4. The van der Waals surface area contributed by atoms with Gasteiger partial charge in [-0.05, 0) is 49.2 Å². The molecule has 6 heteroatoms. The number of aromatic nitrogens is 2. The van der Waals surface area contributed by atoms with Crippen LogP contribution in [0.5, 0.6) is 0 Å². The van der Waals surface area contributed by atoms with Crippen LogP contribution in [0.3, 0.4) is 0 Å².